The number of hydrogen-bond acceptors (Lipinski definition) is 0. The molecule has 0 saturated heterocycles. The van der Waals surface area contributed by atoms with Crippen LogP contribution < -0.4 is 0 Å². The fourth-order valence-electron chi connectivity index (χ4n) is 6.93. The van der Waals surface area contributed by atoms with E-state index in [1.165, 1.54) is 71.6 Å². The zero-order valence-electron chi connectivity index (χ0n) is 26.0. The maximum atomic E-state index is 3.61. The predicted molar refractivity (Wildman–Crippen MR) is 204 cm³/mol. The van der Waals surface area contributed by atoms with Gasteiger partial charge in [0, 0.05) is 10.4 Å². The molecule has 0 aliphatic carbocycles. The molecule has 1 unspecified atom stereocenters. The lowest BCUT2D eigenvalue weighted by atomic mass is 9.82. The first-order valence-corrected chi connectivity index (χ1v) is 17.0. The van der Waals surface area contributed by atoms with Crippen LogP contribution in [0.1, 0.15) is 22.6 Å². The van der Waals surface area contributed by atoms with Crippen LogP contribution in [0.5, 0.6) is 0 Å². The molecule has 8 aromatic rings. The molecule has 0 N–H and O–H groups in total. The highest BCUT2D eigenvalue weighted by atomic mass is 79.9. The SMILES string of the molecule is Brc1ccc(-c2cc3ccc(C(Cc4ccccc4)c4cc(-c5ccccc5)cc(-c5ccccc5)c4)cc3c3ccccc23)cc1. The monoisotopic (exact) mass is 664 g/mol. The summed E-state index contributed by atoms with van der Waals surface area (Å²) in [4.78, 5) is 0. The highest BCUT2D eigenvalue weighted by molar-refractivity contribution is 9.10. The molecule has 224 valence electrons. The minimum atomic E-state index is 0.165. The van der Waals surface area contributed by atoms with Crippen molar-refractivity contribution in [2.45, 2.75) is 12.3 Å². The third kappa shape index (κ3) is 6.03. The first kappa shape index (κ1) is 29.2. The van der Waals surface area contributed by atoms with Crippen molar-refractivity contribution < 1.29 is 0 Å². The van der Waals surface area contributed by atoms with Crippen molar-refractivity contribution in [3.8, 4) is 33.4 Å². The van der Waals surface area contributed by atoms with Crippen molar-refractivity contribution in [3.63, 3.8) is 0 Å². The standard InChI is InChI=1S/C46H33Br/c47-41-24-22-35(23-25-41)45-31-37-21-20-36(30-46(37)43-19-11-10-18-42(43)45)44(26-32-12-4-1-5-13-32)40-28-38(33-14-6-2-7-15-33)27-39(29-40)34-16-8-3-9-17-34/h1-25,27-31,44H,26H2. The number of fused-ring (bicyclic) bond motifs is 3. The molecular weight excluding hydrogens is 632 g/mol. The third-order valence-electron chi connectivity index (χ3n) is 9.30. The summed E-state index contributed by atoms with van der Waals surface area (Å²) >= 11 is 3.61. The highest BCUT2D eigenvalue weighted by Gasteiger charge is 2.19. The lowest BCUT2D eigenvalue weighted by molar-refractivity contribution is 0.807. The molecule has 8 rings (SSSR count). The van der Waals surface area contributed by atoms with E-state index in [0.717, 1.165) is 10.9 Å². The zero-order valence-corrected chi connectivity index (χ0v) is 27.6. The van der Waals surface area contributed by atoms with E-state index in [0.29, 0.717) is 0 Å². The normalized spacial score (nSPS) is 11.9. The highest BCUT2D eigenvalue weighted by Crippen LogP contribution is 2.40. The van der Waals surface area contributed by atoms with Gasteiger partial charge in [0.05, 0.1) is 0 Å². The quantitative estimate of drug-likeness (QED) is 0.149. The van der Waals surface area contributed by atoms with E-state index in [4.69, 9.17) is 0 Å². The maximum absolute atomic E-state index is 3.61. The van der Waals surface area contributed by atoms with Crippen LogP contribution in [0.25, 0.3) is 54.9 Å². The van der Waals surface area contributed by atoms with E-state index in [9.17, 15) is 0 Å². The van der Waals surface area contributed by atoms with Crippen LogP contribution in [-0.4, -0.2) is 0 Å². The molecule has 0 spiro atoms. The van der Waals surface area contributed by atoms with Crippen molar-refractivity contribution in [2.24, 2.45) is 0 Å². The zero-order chi connectivity index (χ0) is 31.6. The van der Waals surface area contributed by atoms with Crippen LogP contribution in [-0.2, 0) is 6.42 Å². The second-order valence-electron chi connectivity index (χ2n) is 12.3. The van der Waals surface area contributed by atoms with Gasteiger partial charge >= 0.3 is 0 Å². The van der Waals surface area contributed by atoms with Gasteiger partial charge in [-0.2, -0.15) is 0 Å². The van der Waals surface area contributed by atoms with Crippen molar-refractivity contribution in [3.05, 3.63) is 203 Å². The fourth-order valence-corrected chi connectivity index (χ4v) is 7.19. The second kappa shape index (κ2) is 12.9. The molecule has 0 nitrogen and oxygen atoms in total. The van der Waals surface area contributed by atoms with Crippen LogP contribution in [0.3, 0.4) is 0 Å². The van der Waals surface area contributed by atoms with E-state index in [2.05, 4.69) is 198 Å². The first-order valence-electron chi connectivity index (χ1n) is 16.2. The molecule has 0 aromatic heterocycles. The van der Waals surface area contributed by atoms with Crippen LogP contribution in [0.15, 0.2) is 186 Å². The molecule has 1 atom stereocenters. The second-order valence-corrected chi connectivity index (χ2v) is 13.2. The van der Waals surface area contributed by atoms with Gasteiger partial charge < -0.3 is 0 Å². The minimum Gasteiger partial charge on any atom is -0.0622 e. The number of halogens is 1. The molecule has 0 aliphatic rings. The predicted octanol–water partition coefficient (Wildman–Crippen LogP) is 13.1. The minimum absolute atomic E-state index is 0.165. The number of hydrogen-bond donors (Lipinski definition) is 0. The molecule has 0 saturated carbocycles. The van der Waals surface area contributed by atoms with Crippen LogP contribution in [0, 0.1) is 0 Å². The Bertz CT molecular complexity index is 2250. The third-order valence-corrected chi connectivity index (χ3v) is 9.83. The Morgan fingerprint density at radius 2 is 0.957 bits per heavy atom. The van der Waals surface area contributed by atoms with Gasteiger partial charge in [0.2, 0.25) is 0 Å². The van der Waals surface area contributed by atoms with Crippen molar-refractivity contribution in [1.29, 1.82) is 0 Å². The first-order chi connectivity index (χ1) is 23.2. The topological polar surface area (TPSA) is 0 Å². The summed E-state index contributed by atoms with van der Waals surface area (Å²) < 4.78 is 1.09. The average molecular weight is 666 g/mol. The van der Waals surface area contributed by atoms with Crippen molar-refractivity contribution in [2.75, 3.05) is 0 Å². The summed E-state index contributed by atoms with van der Waals surface area (Å²) in [5.41, 5.74) is 11.4. The summed E-state index contributed by atoms with van der Waals surface area (Å²) in [7, 11) is 0. The molecule has 8 aromatic carbocycles. The summed E-state index contributed by atoms with van der Waals surface area (Å²) in [5.74, 6) is 0.165. The molecule has 0 heterocycles. The lowest BCUT2D eigenvalue weighted by Gasteiger charge is -2.22. The Hall–Kier alpha value is -5.24. The van der Waals surface area contributed by atoms with E-state index >= 15 is 0 Å². The molecule has 0 bridgehead atoms. The van der Waals surface area contributed by atoms with Crippen molar-refractivity contribution >= 4 is 37.5 Å². The Morgan fingerprint density at radius 1 is 0.383 bits per heavy atom. The van der Waals surface area contributed by atoms with Gasteiger partial charge in [0.1, 0.15) is 0 Å². The van der Waals surface area contributed by atoms with Gasteiger partial charge in [-0.3, -0.25) is 0 Å². The van der Waals surface area contributed by atoms with Gasteiger partial charge in [0.25, 0.3) is 0 Å². The molecular formula is C46H33Br. The van der Waals surface area contributed by atoms with E-state index < -0.39 is 0 Å². The molecule has 0 amide bonds. The van der Waals surface area contributed by atoms with Gasteiger partial charge in [-0.05, 0) is 108 Å². The van der Waals surface area contributed by atoms with E-state index in [1.54, 1.807) is 0 Å². The smallest absolute Gasteiger partial charge is 0.0175 e. The van der Waals surface area contributed by atoms with E-state index in [1.807, 2.05) is 0 Å². The Kier molecular flexibility index (Phi) is 7.99. The molecule has 47 heavy (non-hydrogen) atoms. The number of rotatable bonds is 7. The van der Waals surface area contributed by atoms with Crippen LogP contribution >= 0.6 is 15.9 Å². The van der Waals surface area contributed by atoms with Crippen LogP contribution in [0.2, 0.25) is 0 Å². The molecule has 1 heteroatoms. The molecule has 0 aliphatic heterocycles. The van der Waals surface area contributed by atoms with E-state index in [-0.39, 0.29) is 5.92 Å². The van der Waals surface area contributed by atoms with Gasteiger partial charge in [-0.1, -0.05) is 168 Å². The summed E-state index contributed by atoms with van der Waals surface area (Å²) in [5, 5.41) is 5.11. The summed E-state index contributed by atoms with van der Waals surface area (Å²) in [6.45, 7) is 0. The molecule has 0 fully saturated rings. The average Bonchev–Trinajstić information content (AvgIpc) is 3.15. The fraction of sp³-hybridized carbons (Fsp3) is 0.0435. The Balaban J connectivity index is 1.33. The molecule has 0 radical (unpaired) electrons. The maximum Gasteiger partial charge on any atom is 0.0175 e. The van der Waals surface area contributed by atoms with Gasteiger partial charge in [-0.25, -0.2) is 0 Å². The summed E-state index contributed by atoms with van der Waals surface area (Å²) in [6, 6.07) is 66.6. The lowest BCUT2D eigenvalue weighted by Crippen LogP contribution is -2.06. The Labute approximate surface area is 285 Å². The largest absolute Gasteiger partial charge is 0.0622 e. The van der Waals surface area contributed by atoms with Gasteiger partial charge in [-0.15, -0.1) is 0 Å². The van der Waals surface area contributed by atoms with Crippen LogP contribution in [0.4, 0.5) is 0 Å². The van der Waals surface area contributed by atoms with Gasteiger partial charge in [0.15, 0.2) is 0 Å². The number of benzene rings is 8. The van der Waals surface area contributed by atoms with Crippen molar-refractivity contribution in [1.82, 2.24) is 0 Å². The summed E-state index contributed by atoms with van der Waals surface area (Å²) in [6.07, 6.45) is 0.910. The Morgan fingerprint density at radius 3 is 1.60 bits per heavy atom.